The van der Waals surface area contributed by atoms with Crippen molar-refractivity contribution in [3.8, 4) is 0 Å². The molecule has 0 amide bonds. The third-order valence-electron chi connectivity index (χ3n) is 8.65. The summed E-state index contributed by atoms with van der Waals surface area (Å²) in [6, 6.07) is 0. The molecular formula is C38H81O9P. The van der Waals surface area contributed by atoms with Gasteiger partial charge in [-0.1, -0.05) is 181 Å². The van der Waals surface area contributed by atoms with E-state index in [0.29, 0.717) is 19.8 Å². The molecule has 0 bridgehead atoms. The number of aliphatic hydroxyl groups is 3. The molecule has 48 heavy (non-hydrogen) atoms. The minimum absolute atomic E-state index is 0.137. The Kier molecular flexibility index (Phi) is 43.1. The molecule has 10 heteroatoms. The predicted octanol–water partition coefficient (Wildman–Crippen LogP) is 9.79. The van der Waals surface area contributed by atoms with Crippen molar-refractivity contribution in [2.45, 2.75) is 206 Å². The fourth-order valence-corrected chi connectivity index (χ4v) is 5.90. The third kappa shape index (κ3) is 45.9. The second-order valence-corrected chi connectivity index (χ2v) is 14.8. The van der Waals surface area contributed by atoms with Crippen LogP contribution in [0.5, 0.6) is 0 Å². The van der Waals surface area contributed by atoms with Crippen LogP contribution in [-0.2, 0) is 18.6 Å². The van der Waals surface area contributed by atoms with Gasteiger partial charge >= 0.3 is 7.82 Å². The highest BCUT2D eigenvalue weighted by Crippen LogP contribution is 2.35. The molecule has 0 aliphatic carbocycles. The van der Waals surface area contributed by atoms with Gasteiger partial charge in [0.2, 0.25) is 0 Å². The Balaban J connectivity index is 0. The largest absolute Gasteiger partial charge is 0.469 e. The summed E-state index contributed by atoms with van der Waals surface area (Å²) >= 11 is 0. The molecule has 0 saturated heterocycles. The number of hydrogen-bond donors (Lipinski definition) is 5. The van der Waals surface area contributed by atoms with Crippen LogP contribution < -0.4 is 0 Å². The molecule has 0 fully saturated rings. The summed E-state index contributed by atoms with van der Waals surface area (Å²) in [6.07, 6.45) is 35.6. The molecule has 0 aliphatic rings. The van der Waals surface area contributed by atoms with E-state index in [4.69, 9.17) is 39.1 Å². The molecule has 0 unspecified atom stereocenters. The summed E-state index contributed by atoms with van der Waals surface area (Å²) in [7, 11) is -4.51. The number of hydrogen-bond acceptors (Lipinski definition) is 7. The first-order valence-electron chi connectivity index (χ1n) is 20.1. The fourth-order valence-electron chi connectivity index (χ4n) is 5.54. The summed E-state index contributed by atoms with van der Waals surface area (Å²) in [4.78, 5) is 18.2. The van der Waals surface area contributed by atoms with Crippen molar-refractivity contribution < 1.29 is 43.7 Å². The SMILES string of the molecule is CCCCCCCCCCCCCCCCOC[C@H](COP(=O)(O)O)OCCCCCCCCCCCCCCCC.OCC(O)CO. The van der Waals surface area contributed by atoms with Crippen LogP contribution in [0.4, 0.5) is 0 Å². The van der Waals surface area contributed by atoms with Gasteiger partial charge in [0, 0.05) is 13.2 Å². The van der Waals surface area contributed by atoms with Crippen LogP contribution in [0, 0.1) is 0 Å². The Morgan fingerprint density at radius 3 is 1.08 bits per heavy atom. The summed E-state index contributed by atoms with van der Waals surface area (Å²) in [6.45, 7) is 5.23. The molecule has 9 nitrogen and oxygen atoms in total. The minimum atomic E-state index is -4.51. The third-order valence-corrected chi connectivity index (χ3v) is 9.13. The van der Waals surface area contributed by atoms with Gasteiger partial charge in [-0.05, 0) is 12.8 Å². The first-order chi connectivity index (χ1) is 23.3. The highest BCUT2D eigenvalue weighted by molar-refractivity contribution is 7.46. The van der Waals surface area contributed by atoms with E-state index in [1.54, 1.807) is 0 Å². The average molecular weight is 713 g/mol. The van der Waals surface area contributed by atoms with Gasteiger partial charge < -0.3 is 34.6 Å². The van der Waals surface area contributed by atoms with Crippen molar-refractivity contribution in [2.24, 2.45) is 0 Å². The Labute approximate surface area is 296 Å². The number of phosphoric ester groups is 1. The van der Waals surface area contributed by atoms with E-state index < -0.39 is 20.0 Å². The van der Waals surface area contributed by atoms with Crippen LogP contribution in [0.15, 0.2) is 0 Å². The van der Waals surface area contributed by atoms with Gasteiger partial charge in [0.15, 0.2) is 0 Å². The van der Waals surface area contributed by atoms with E-state index in [1.807, 2.05) is 0 Å². The van der Waals surface area contributed by atoms with E-state index >= 15 is 0 Å². The average Bonchev–Trinajstić information content (AvgIpc) is 3.07. The first-order valence-corrected chi connectivity index (χ1v) is 21.6. The van der Waals surface area contributed by atoms with Crippen LogP contribution in [0.2, 0.25) is 0 Å². The quantitative estimate of drug-likeness (QED) is 0.0312. The second-order valence-electron chi connectivity index (χ2n) is 13.6. The molecule has 0 aromatic rings. The highest BCUT2D eigenvalue weighted by atomic mass is 31.2. The number of rotatable bonds is 38. The zero-order valence-electron chi connectivity index (χ0n) is 31.5. The summed E-state index contributed by atoms with van der Waals surface area (Å²) in [5.41, 5.74) is 0. The first kappa shape index (κ1) is 50.0. The van der Waals surface area contributed by atoms with Crippen molar-refractivity contribution in [1.29, 1.82) is 0 Å². The van der Waals surface area contributed by atoms with Gasteiger partial charge in [-0.25, -0.2) is 4.57 Å². The number of aliphatic hydroxyl groups excluding tert-OH is 3. The summed E-state index contributed by atoms with van der Waals surface area (Å²) < 4.78 is 27.5. The zero-order chi connectivity index (χ0) is 35.8. The smallest absolute Gasteiger partial charge is 0.394 e. The summed E-state index contributed by atoms with van der Waals surface area (Å²) in [5, 5.41) is 24.0. The number of unbranched alkanes of at least 4 members (excludes halogenated alkanes) is 26. The monoisotopic (exact) mass is 713 g/mol. The minimum Gasteiger partial charge on any atom is -0.394 e. The highest BCUT2D eigenvalue weighted by Gasteiger charge is 2.19. The van der Waals surface area contributed by atoms with Crippen molar-refractivity contribution in [2.75, 3.05) is 39.6 Å². The topological polar surface area (TPSA) is 146 Å². The molecule has 0 saturated carbocycles. The normalized spacial score (nSPS) is 12.4. The van der Waals surface area contributed by atoms with E-state index in [2.05, 4.69) is 13.8 Å². The molecule has 5 N–H and O–H groups in total. The lowest BCUT2D eigenvalue weighted by Crippen LogP contribution is -2.26. The molecule has 0 aliphatic heterocycles. The lowest BCUT2D eigenvalue weighted by Gasteiger charge is -2.18. The standard InChI is InChI=1S/C35H73O6P.C3H8O3/c1-3-5-7-9-11-13-15-17-19-21-23-25-27-29-31-39-33-35(34-41-42(36,37)38)40-32-30-28-26-24-22-20-18-16-14-12-10-8-6-4-2;4-1-3(6)2-5/h35H,3-34H2,1-2H3,(H2,36,37,38);3-6H,1-2H2/t35-;/m1./s1. The molecule has 0 radical (unpaired) electrons. The maximum atomic E-state index is 11.1. The Morgan fingerprint density at radius 1 is 0.479 bits per heavy atom. The van der Waals surface area contributed by atoms with Crippen LogP contribution in [-0.4, -0.2) is 77.0 Å². The van der Waals surface area contributed by atoms with Gasteiger partial charge in [-0.3, -0.25) is 4.52 Å². The molecule has 0 rings (SSSR count). The fraction of sp³-hybridized carbons (Fsp3) is 1.00. The van der Waals surface area contributed by atoms with E-state index in [-0.39, 0.29) is 19.8 Å². The summed E-state index contributed by atoms with van der Waals surface area (Å²) in [5.74, 6) is 0. The predicted molar refractivity (Wildman–Crippen MR) is 199 cm³/mol. The van der Waals surface area contributed by atoms with Gasteiger partial charge in [-0.2, -0.15) is 0 Å². The van der Waals surface area contributed by atoms with E-state index in [9.17, 15) is 4.57 Å². The van der Waals surface area contributed by atoms with Gasteiger partial charge in [-0.15, -0.1) is 0 Å². The lowest BCUT2D eigenvalue weighted by atomic mass is 10.0. The number of ether oxygens (including phenoxy) is 2. The van der Waals surface area contributed by atoms with Crippen LogP contribution in [0.3, 0.4) is 0 Å². The van der Waals surface area contributed by atoms with Crippen molar-refractivity contribution >= 4 is 7.82 Å². The molecule has 0 heterocycles. The van der Waals surface area contributed by atoms with E-state index in [1.165, 1.54) is 161 Å². The van der Waals surface area contributed by atoms with E-state index in [0.717, 1.165) is 19.3 Å². The maximum absolute atomic E-state index is 11.1. The Hall–Kier alpha value is -0.0900. The van der Waals surface area contributed by atoms with Crippen molar-refractivity contribution in [3.05, 3.63) is 0 Å². The van der Waals surface area contributed by atoms with Gasteiger partial charge in [0.25, 0.3) is 0 Å². The molecule has 0 aromatic carbocycles. The number of phosphoric acid groups is 1. The second kappa shape index (κ2) is 41.3. The molecular weight excluding hydrogens is 631 g/mol. The van der Waals surface area contributed by atoms with Crippen LogP contribution >= 0.6 is 7.82 Å². The molecule has 292 valence electrons. The van der Waals surface area contributed by atoms with Crippen molar-refractivity contribution in [1.82, 2.24) is 0 Å². The molecule has 1 atom stereocenters. The molecule has 0 aromatic heterocycles. The Morgan fingerprint density at radius 2 is 0.792 bits per heavy atom. The van der Waals surface area contributed by atoms with Crippen molar-refractivity contribution in [3.63, 3.8) is 0 Å². The van der Waals surface area contributed by atoms with Gasteiger partial charge in [0.1, 0.15) is 12.2 Å². The Bertz CT molecular complexity index is 631. The maximum Gasteiger partial charge on any atom is 0.469 e. The molecule has 0 spiro atoms. The zero-order valence-corrected chi connectivity index (χ0v) is 32.4. The van der Waals surface area contributed by atoms with Crippen LogP contribution in [0.1, 0.15) is 194 Å². The van der Waals surface area contributed by atoms with Gasteiger partial charge in [0.05, 0.1) is 26.4 Å². The lowest BCUT2D eigenvalue weighted by molar-refractivity contribution is -0.0429. The van der Waals surface area contributed by atoms with Crippen LogP contribution in [0.25, 0.3) is 0 Å².